The first kappa shape index (κ1) is 16.7. The molecule has 1 aliphatic heterocycles. The third-order valence-electron chi connectivity index (χ3n) is 3.13. The summed E-state index contributed by atoms with van der Waals surface area (Å²) in [6.45, 7) is 0.416. The Morgan fingerprint density at radius 2 is 1.96 bits per heavy atom. The number of rotatable bonds is 8. The van der Waals surface area contributed by atoms with E-state index in [0.29, 0.717) is 12.2 Å². The summed E-state index contributed by atoms with van der Waals surface area (Å²) < 4.78 is 22.9. The van der Waals surface area contributed by atoms with Crippen molar-refractivity contribution in [2.75, 3.05) is 26.3 Å². The van der Waals surface area contributed by atoms with Gasteiger partial charge >= 0.3 is 12.0 Å². The Morgan fingerprint density at radius 3 is 2.61 bits per heavy atom. The van der Waals surface area contributed by atoms with Gasteiger partial charge in [-0.3, -0.25) is 14.5 Å². The van der Waals surface area contributed by atoms with Crippen molar-refractivity contribution in [3.8, 4) is 5.75 Å². The maximum absolute atomic E-state index is 12.7. The van der Waals surface area contributed by atoms with E-state index in [2.05, 4.69) is 5.32 Å². The Bertz CT molecular complexity index is 560. The molecule has 1 fully saturated rings. The molecule has 0 spiro atoms. The van der Waals surface area contributed by atoms with Crippen LogP contribution in [0.5, 0.6) is 5.75 Å². The maximum atomic E-state index is 12.7. The number of ether oxygens (including phenoxy) is 2. The lowest BCUT2D eigenvalue weighted by Crippen LogP contribution is -2.32. The van der Waals surface area contributed by atoms with Crippen molar-refractivity contribution < 1.29 is 28.2 Å². The van der Waals surface area contributed by atoms with Crippen LogP contribution in [0.1, 0.15) is 12.8 Å². The van der Waals surface area contributed by atoms with Crippen molar-refractivity contribution >= 4 is 17.9 Å². The minimum absolute atomic E-state index is 0.00397. The monoisotopic (exact) mass is 324 g/mol. The van der Waals surface area contributed by atoms with Crippen LogP contribution in [0.25, 0.3) is 0 Å². The van der Waals surface area contributed by atoms with E-state index in [9.17, 15) is 18.8 Å². The van der Waals surface area contributed by atoms with Gasteiger partial charge in [0.2, 0.25) is 5.91 Å². The number of nitrogens with zero attached hydrogens (tertiary/aromatic N) is 1. The first-order valence-electron chi connectivity index (χ1n) is 7.18. The highest BCUT2D eigenvalue weighted by Gasteiger charge is 2.27. The summed E-state index contributed by atoms with van der Waals surface area (Å²) >= 11 is 0. The van der Waals surface area contributed by atoms with E-state index < -0.39 is 12.0 Å². The van der Waals surface area contributed by atoms with E-state index in [0.717, 1.165) is 4.90 Å². The summed E-state index contributed by atoms with van der Waals surface area (Å²) in [5, 5.41) is 2.40. The van der Waals surface area contributed by atoms with Gasteiger partial charge in [0.15, 0.2) is 0 Å². The number of esters is 1. The molecule has 124 valence electrons. The van der Waals surface area contributed by atoms with Gasteiger partial charge in [0.25, 0.3) is 0 Å². The number of carbonyl (C=O) groups is 3. The molecular formula is C15H17FN2O5. The second-order valence-electron chi connectivity index (χ2n) is 4.83. The molecule has 1 N–H and O–H groups in total. The average Bonchev–Trinajstić information content (AvgIpc) is 2.85. The Morgan fingerprint density at radius 1 is 1.22 bits per heavy atom. The predicted octanol–water partition coefficient (Wildman–Crippen LogP) is 1.08. The van der Waals surface area contributed by atoms with Gasteiger partial charge in [-0.25, -0.2) is 9.18 Å². The van der Waals surface area contributed by atoms with Crippen LogP contribution in [0.2, 0.25) is 0 Å². The minimum atomic E-state index is -0.434. The number of halogens is 1. The number of hydrogen-bond donors (Lipinski definition) is 1. The van der Waals surface area contributed by atoms with Crippen LogP contribution >= 0.6 is 0 Å². The van der Waals surface area contributed by atoms with Crippen molar-refractivity contribution in [3.63, 3.8) is 0 Å². The third kappa shape index (κ3) is 5.24. The first-order valence-corrected chi connectivity index (χ1v) is 7.18. The molecule has 1 saturated heterocycles. The zero-order valence-corrected chi connectivity index (χ0v) is 12.4. The van der Waals surface area contributed by atoms with Gasteiger partial charge in [-0.1, -0.05) is 0 Å². The summed E-state index contributed by atoms with van der Waals surface area (Å²) in [5.41, 5.74) is 0. The van der Waals surface area contributed by atoms with Crippen molar-refractivity contribution in [1.29, 1.82) is 0 Å². The molecule has 0 bridgehead atoms. The van der Waals surface area contributed by atoms with E-state index in [4.69, 9.17) is 9.47 Å². The van der Waals surface area contributed by atoms with Gasteiger partial charge < -0.3 is 14.8 Å². The van der Waals surface area contributed by atoms with Crippen molar-refractivity contribution in [2.45, 2.75) is 12.8 Å². The standard InChI is InChI=1S/C15H17FN2O5/c16-11-3-5-12(6-4-11)22-8-9-23-14(20)2-1-7-18-13(19)10-17-15(18)21/h3-6H,1-2,7-10H2,(H,17,21). The highest BCUT2D eigenvalue weighted by Crippen LogP contribution is 2.10. The van der Waals surface area contributed by atoms with Crippen LogP contribution < -0.4 is 10.1 Å². The normalized spacial score (nSPS) is 13.9. The van der Waals surface area contributed by atoms with Gasteiger partial charge in [-0.15, -0.1) is 0 Å². The molecule has 0 aliphatic carbocycles. The van der Waals surface area contributed by atoms with Gasteiger partial charge in [0.05, 0.1) is 6.54 Å². The smallest absolute Gasteiger partial charge is 0.324 e. The molecule has 0 saturated carbocycles. The zero-order chi connectivity index (χ0) is 16.7. The van der Waals surface area contributed by atoms with Crippen LogP contribution in [0, 0.1) is 5.82 Å². The highest BCUT2D eigenvalue weighted by atomic mass is 19.1. The Balaban J connectivity index is 1.55. The van der Waals surface area contributed by atoms with E-state index in [1.54, 1.807) is 0 Å². The average molecular weight is 324 g/mol. The zero-order valence-electron chi connectivity index (χ0n) is 12.4. The molecule has 23 heavy (non-hydrogen) atoms. The lowest BCUT2D eigenvalue weighted by molar-refractivity contribution is -0.144. The lowest BCUT2D eigenvalue weighted by Gasteiger charge is -2.11. The molecule has 1 aliphatic rings. The molecule has 7 nitrogen and oxygen atoms in total. The SMILES string of the molecule is O=C(CCCN1C(=O)CNC1=O)OCCOc1ccc(F)cc1. The predicted molar refractivity (Wildman–Crippen MR) is 77.2 cm³/mol. The Hall–Kier alpha value is -2.64. The fourth-order valence-corrected chi connectivity index (χ4v) is 1.98. The molecule has 2 rings (SSSR count). The number of amides is 3. The van der Waals surface area contributed by atoms with Gasteiger partial charge in [-0.05, 0) is 30.7 Å². The molecular weight excluding hydrogens is 307 g/mol. The fraction of sp³-hybridized carbons (Fsp3) is 0.400. The van der Waals surface area contributed by atoms with E-state index in [1.165, 1.54) is 24.3 Å². The minimum Gasteiger partial charge on any atom is -0.490 e. The quantitative estimate of drug-likeness (QED) is 0.439. The lowest BCUT2D eigenvalue weighted by atomic mass is 10.3. The topological polar surface area (TPSA) is 84.9 Å². The summed E-state index contributed by atoms with van der Waals surface area (Å²) in [5.74, 6) is -0.592. The largest absolute Gasteiger partial charge is 0.490 e. The van der Waals surface area contributed by atoms with Crippen LogP contribution in [0.15, 0.2) is 24.3 Å². The van der Waals surface area contributed by atoms with Crippen LogP contribution in [-0.4, -0.2) is 49.1 Å². The summed E-state index contributed by atoms with van der Waals surface area (Å²) in [7, 11) is 0. The van der Waals surface area contributed by atoms with Crippen LogP contribution in [0.3, 0.4) is 0 Å². The molecule has 0 unspecified atom stereocenters. The number of imide groups is 1. The molecule has 0 aromatic heterocycles. The summed E-state index contributed by atoms with van der Waals surface area (Å²) in [4.78, 5) is 35.2. The third-order valence-corrected chi connectivity index (χ3v) is 3.13. The fourth-order valence-electron chi connectivity index (χ4n) is 1.98. The second kappa shape index (κ2) is 8.11. The molecule has 1 aromatic rings. The maximum Gasteiger partial charge on any atom is 0.324 e. The number of benzene rings is 1. The summed E-state index contributed by atoms with van der Waals surface area (Å²) in [6.07, 6.45) is 0.449. The van der Waals surface area contributed by atoms with Crippen molar-refractivity contribution in [3.05, 3.63) is 30.1 Å². The molecule has 3 amide bonds. The number of nitrogens with one attached hydrogen (secondary N) is 1. The molecule has 0 radical (unpaired) electrons. The van der Waals surface area contributed by atoms with Gasteiger partial charge in [-0.2, -0.15) is 0 Å². The number of urea groups is 1. The highest BCUT2D eigenvalue weighted by molar-refractivity contribution is 6.01. The molecule has 0 atom stereocenters. The Labute approximate surface area is 132 Å². The first-order chi connectivity index (χ1) is 11.1. The van der Waals surface area contributed by atoms with E-state index in [1.807, 2.05) is 0 Å². The molecule has 8 heteroatoms. The van der Waals surface area contributed by atoms with Gasteiger partial charge in [0, 0.05) is 13.0 Å². The van der Waals surface area contributed by atoms with E-state index in [-0.39, 0.29) is 44.4 Å². The van der Waals surface area contributed by atoms with Crippen molar-refractivity contribution in [2.24, 2.45) is 0 Å². The summed E-state index contributed by atoms with van der Waals surface area (Å²) in [6, 6.07) is 5.08. The molecule has 1 heterocycles. The van der Waals surface area contributed by atoms with Crippen molar-refractivity contribution in [1.82, 2.24) is 10.2 Å². The van der Waals surface area contributed by atoms with Crippen LogP contribution in [0.4, 0.5) is 9.18 Å². The second-order valence-corrected chi connectivity index (χ2v) is 4.83. The van der Waals surface area contributed by atoms with Crippen LogP contribution in [-0.2, 0) is 14.3 Å². The number of carbonyl (C=O) groups excluding carboxylic acids is 3. The number of hydrogen-bond acceptors (Lipinski definition) is 5. The Kier molecular flexibility index (Phi) is 5.90. The molecule has 1 aromatic carbocycles. The van der Waals surface area contributed by atoms with Gasteiger partial charge in [0.1, 0.15) is 24.8 Å². The van der Waals surface area contributed by atoms with E-state index >= 15 is 0 Å².